The summed E-state index contributed by atoms with van der Waals surface area (Å²) in [6, 6.07) is 0.334. The molecule has 0 spiro atoms. The molecule has 2 aliphatic carbocycles. The van der Waals surface area contributed by atoms with Gasteiger partial charge in [0.25, 0.3) is 5.56 Å². The van der Waals surface area contributed by atoms with Crippen LogP contribution >= 0.6 is 23.1 Å². The number of rotatable bonds is 6. The molecule has 28 heavy (non-hydrogen) atoms. The molecule has 2 aromatic heterocycles. The van der Waals surface area contributed by atoms with Crippen LogP contribution in [0.1, 0.15) is 49.5 Å². The average molecular weight is 420 g/mol. The number of aryl methyl sites for hydroxylation is 2. The van der Waals surface area contributed by atoms with Gasteiger partial charge in [-0.3, -0.25) is 14.2 Å². The van der Waals surface area contributed by atoms with Gasteiger partial charge in [-0.25, -0.2) is 4.98 Å². The Labute approximate surface area is 172 Å². The van der Waals surface area contributed by atoms with Crippen LogP contribution in [0.4, 0.5) is 0 Å². The molecule has 1 amide bonds. The Hall–Kier alpha value is -1.38. The summed E-state index contributed by atoms with van der Waals surface area (Å²) >= 11 is 3.04. The molecule has 150 valence electrons. The van der Waals surface area contributed by atoms with Gasteiger partial charge in [-0.15, -0.1) is 11.3 Å². The van der Waals surface area contributed by atoms with Crippen LogP contribution in [0.3, 0.4) is 0 Å². The zero-order chi connectivity index (χ0) is 19.3. The highest BCUT2D eigenvalue weighted by atomic mass is 32.2. The predicted octanol–water partition coefficient (Wildman–Crippen LogP) is 2.88. The smallest absolute Gasteiger partial charge is 0.263 e. The third kappa shape index (κ3) is 3.50. The summed E-state index contributed by atoms with van der Waals surface area (Å²) < 4.78 is 7.57. The quantitative estimate of drug-likeness (QED) is 0.576. The van der Waals surface area contributed by atoms with E-state index in [0.717, 1.165) is 61.8 Å². The molecule has 6 nitrogen and oxygen atoms in total. The average Bonchev–Trinajstić information content (AvgIpc) is 3.06. The Morgan fingerprint density at radius 2 is 2.21 bits per heavy atom. The number of nitrogens with zero attached hydrogens (tertiary/aromatic N) is 2. The highest BCUT2D eigenvalue weighted by molar-refractivity contribution is 8.00. The lowest BCUT2D eigenvalue weighted by Crippen LogP contribution is -2.34. The van der Waals surface area contributed by atoms with Crippen LogP contribution in [0.15, 0.2) is 9.95 Å². The first-order chi connectivity index (χ1) is 13.6. The van der Waals surface area contributed by atoms with E-state index in [2.05, 4.69) is 5.32 Å². The summed E-state index contributed by atoms with van der Waals surface area (Å²) in [5, 5.41) is 4.21. The van der Waals surface area contributed by atoms with Crippen molar-refractivity contribution >= 4 is 39.2 Å². The van der Waals surface area contributed by atoms with Crippen molar-refractivity contribution in [3.05, 3.63) is 20.8 Å². The van der Waals surface area contributed by atoms with Gasteiger partial charge in [0.15, 0.2) is 5.16 Å². The second-order valence-electron chi connectivity index (χ2n) is 8.03. The number of fused-ring (bicyclic) bond motifs is 3. The maximum absolute atomic E-state index is 13.5. The number of hydrogen-bond acceptors (Lipinski definition) is 6. The molecule has 0 unspecified atom stereocenters. The summed E-state index contributed by atoms with van der Waals surface area (Å²) in [6.07, 6.45) is 7.33. The van der Waals surface area contributed by atoms with Crippen LogP contribution in [-0.2, 0) is 28.9 Å². The number of amides is 1. The summed E-state index contributed by atoms with van der Waals surface area (Å²) in [5.74, 6) is 0.0270. The van der Waals surface area contributed by atoms with Gasteiger partial charge >= 0.3 is 0 Å². The highest BCUT2D eigenvalue weighted by Crippen LogP contribution is 2.36. The van der Waals surface area contributed by atoms with Crippen LogP contribution in [0.2, 0.25) is 0 Å². The summed E-state index contributed by atoms with van der Waals surface area (Å²) in [7, 11) is 0. The monoisotopic (exact) mass is 419 g/mol. The number of nitrogens with one attached hydrogen (secondary N) is 1. The van der Waals surface area contributed by atoms with Crippen LogP contribution in [-0.4, -0.2) is 39.5 Å². The van der Waals surface area contributed by atoms with Crippen molar-refractivity contribution in [2.24, 2.45) is 0 Å². The first-order valence-corrected chi connectivity index (χ1v) is 11.9. The Morgan fingerprint density at radius 1 is 1.36 bits per heavy atom. The lowest BCUT2D eigenvalue weighted by molar-refractivity contribution is -0.120. The van der Waals surface area contributed by atoms with Gasteiger partial charge in [0.1, 0.15) is 4.83 Å². The molecule has 0 aromatic carbocycles. The zero-order valence-corrected chi connectivity index (χ0v) is 17.7. The normalized spacial score (nSPS) is 22.5. The summed E-state index contributed by atoms with van der Waals surface area (Å²) in [4.78, 5) is 32.9. The first kappa shape index (κ1) is 18.6. The lowest BCUT2D eigenvalue weighted by Gasteiger charge is -2.18. The number of aromatic nitrogens is 2. The fourth-order valence-electron chi connectivity index (χ4n) is 4.06. The predicted molar refractivity (Wildman–Crippen MR) is 111 cm³/mol. The SMILES string of the molecule is C[C@H](Sc1nc2sc3c(c2c(=O)n1C[C@@H]1CCCO1)CCC3)C(=O)NC1CC1. The summed E-state index contributed by atoms with van der Waals surface area (Å²) in [6.45, 7) is 3.17. The van der Waals surface area contributed by atoms with Gasteiger partial charge < -0.3 is 10.1 Å². The number of thioether (sulfide) groups is 1. The molecule has 1 N–H and O–H groups in total. The maximum Gasteiger partial charge on any atom is 0.263 e. The first-order valence-electron chi connectivity index (χ1n) is 10.2. The van der Waals surface area contributed by atoms with Crippen molar-refractivity contribution in [2.75, 3.05) is 6.61 Å². The van der Waals surface area contributed by atoms with Crippen LogP contribution in [0.5, 0.6) is 0 Å². The van der Waals surface area contributed by atoms with Gasteiger partial charge in [-0.1, -0.05) is 11.8 Å². The largest absolute Gasteiger partial charge is 0.376 e. The Balaban J connectivity index is 1.51. The van der Waals surface area contributed by atoms with Gasteiger partial charge in [-0.2, -0.15) is 0 Å². The van der Waals surface area contributed by atoms with E-state index in [1.54, 1.807) is 15.9 Å². The zero-order valence-electron chi connectivity index (χ0n) is 16.0. The Morgan fingerprint density at radius 3 is 2.96 bits per heavy atom. The van der Waals surface area contributed by atoms with Crippen molar-refractivity contribution in [1.29, 1.82) is 0 Å². The minimum absolute atomic E-state index is 0.0270. The van der Waals surface area contributed by atoms with Crippen molar-refractivity contribution in [1.82, 2.24) is 14.9 Å². The molecule has 0 radical (unpaired) electrons. The molecule has 3 heterocycles. The Bertz CT molecular complexity index is 973. The van der Waals surface area contributed by atoms with Gasteiger partial charge in [0.2, 0.25) is 5.91 Å². The second-order valence-corrected chi connectivity index (χ2v) is 10.4. The molecule has 1 saturated heterocycles. The van der Waals surface area contributed by atoms with Crippen LogP contribution < -0.4 is 10.9 Å². The van der Waals surface area contributed by atoms with E-state index in [-0.39, 0.29) is 22.8 Å². The molecule has 2 atom stereocenters. The summed E-state index contributed by atoms with van der Waals surface area (Å²) in [5.41, 5.74) is 1.24. The molecule has 3 aliphatic rings. The molecule has 1 saturated carbocycles. The lowest BCUT2D eigenvalue weighted by atomic mass is 10.2. The van der Waals surface area contributed by atoms with Crippen molar-refractivity contribution in [3.63, 3.8) is 0 Å². The van der Waals surface area contributed by atoms with E-state index in [4.69, 9.17) is 9.72 Å². The van der Waals surface area contributed by atoms with Crippen LogP contribution in [0, 0.1) is 0 Å². The van der Waals surface area contributed by atoms with E-state index in [0.29, 0.717) is 17.7 Å². The maximum atomic E-state index is 13.5. The molecule has 8 heteroatoms. The number of carbonyl (C=O) groups excluding carboxylic acids is 1. The number of hydrogen-bond donors (Lipinski definition) is 1. The second kappa shape index (κ2) is 7.46. The topological polar surface area (TPSA) is 73.2 Å². The molecule has 5 rings (SSSR count). The van der Waals surface area contributed by atoms with E-state index in [1.807, 2.05) is 6.92 Å². The van der Waals surface area contributed by atoms with Crippen molar-refractivity contribution in [3.8, 4) is 0 Å². The molecule has 1 aliphatic heterocycles. The van der Waals surface area contributed by atoms with E-state index < -0.39 is 0 Å². The minimum Gasteiger partial charge on any atom is -0.376 e. The highest BCUT2D eigenvalue weighted by Gasteiger charge is 2.29. The number of carbonyl (C=O) groups is 1. The van der Waals surface area contributed by atoms with E-state index in [9.17, 15) is 9.59 Å². The van der Waals surface area contributed by atoms with Crippen LogP contribution in [0.25, 0.3) is 10.2 Å². The van der Waals surface area contributed by atoms with E-state index in [1.165, 1.54) is 22.2 Å². The fraction of sp³-hybridized carbons (Fsp3) is 0.650. The van der Waals surface area contributed by atoms with Crippen molar-refractivity contribution < 1.29 is 9.53 Å². The van der Waals surface area contributed by atoms with Gasteiger partial charge in [0.05, 0.1) is 23.3 Å². The number of ether oxygens (including phenoxy) is 1. The minimum atomic E-state index is -0.285. The van der Waals surface area contributed by atoms with Gasteiger partial charge in [0, 0.05) is 17.5 Å². The molecule has 2 fully saturated rings. The Kier molecular flexibility index (Phi) is 4.97. The molecular weight excluding hydrogens is 394 g/mol. The van der Waals surface area contributed by atoms with Gasteiger partial charge in [-0.05, 0) is 57.4 Å². The molecule has 0 bridgehead atoms. The molecular formula is C20H25N3O3S2. The standard InChI is InChI=1S/C20H25N3O3S2/c1-11(17(24)21-12-7-8-12)27-20-22-18-16(14-5-2-6-15(14)28-18)19(25)23(20)10-13-4-3-9-26-13/h11-13H,2-10H2,1H3,(H,21,24)/t11-,13-/m0/s1. The van der Waals surface area contributed by atoms with Crippen molar-refractivity contribution in [2.45, 2.75) is 81.0 Å². The molecule has 2 aromatic rings. The third-order valence-electron chi connectivity index (χ3n) is 5.78. The number of thiophene rings is 1. The van der Waals surface area contributed by atoms with E-state index >= 15 is 0 Å². The fourth-order valence-corrected chi connectivity index (χ4v) is 6.29. The third-order valence-corrected chi connectivity index (χ3v) is 8.05.